The van der Waals surface area contributed by atoms with E-state index in [9.17, 15) is 5.11 Å². The molecule has 0 bridgehead atoms. The van der Waals surface area contributed by atoms with Crippen LogP contribution in [0, 0.1) is 0 Å². The van der Waals surface area contributed by atoms with Crippen molar-refractivity contribution in [3.05, 3.63) is 29.8 Å². The van der Waals surface area contributed by atoms with E-state index >= 15 is 0 Å². The van der Waals surface area contributed by atoms with Crippen molar-refractivity contribution >= 4 is 17.3 Å². The Morgan fingerprint density at radius 3 is 2.71 bits per heavy atom. The van der Waals surface area contributed by atoms with Crippen LogP contribution < -0.4 is 5.84 Å². The molecule has 0 aromatic heterocycles. The standard InChI is InChI=1S/C8H8N4OS/c9-12-7(10-11-8(12)14)5-3-1-2-4-6(5)13/h1-4,7,13H,9H2. The summed E-state index contributed by atoms with van der Waals surface area (Å²) >= 11 is 4.82. The lowest BCUT2D eigenvalue weighted by molar-refractivity contribution is 0.347. The van der Waals surface area contributed by atoms with Gasteiger partial charge < -0.3 is 5.11 Å². The molecule has 0 aliphatic carbocycles. The van der Waals surface area contributed by atoms with Crippen molar-refractivity contribution in [2.24, 2.45) is 16.1 Å². The fourth-order valence-electron chi connectivity index (χ4n) is 1.23. The number of phenols is 1. The monoisotopic (exact) mass is 208 g/mol. The van der Waals surface area contributed by atoms with Gasteiger partial charge in [-0.15, -0.1) is 5.11 Å². The van der Waals surface area contributed by atoms with E-state index in [1.165, 1.54) is 5.01 Å². The smallest absolute Gasteiger partial charge is 0.232 e. The third-order valence-corrected chi connectivity index (χ3v) is 2.24. The normalized spacial score (nSPS) is 20.5. The lowest BCUT2D eigenvalue weighted by Crippen LogP contribution is -2.33. The Kier molecular flexibility index (Phi) is 2.14. The van der Waals surface area contributed by atoms with E-state index in [0.29, 0.717) is 5.56 Å². The second-order valence-corrected chi connectivity index (χ2v) is 3.20. The molecule has 3 N–H and O–H groups in total. The van der Waals surface area contributed by atoms with Gasteiger partial charge in [0.1, 0.15) is 5.75 Å². The number of hydrazine groups is 1. The zero-order valence-electron chi connectivity index (χ0n) is 7.16. The minimum atomic E-state index is -0.510. The summed E-state index contributed by atoms with van der Waals surface area (Å²) in [5.41, 5.74) is 0.596. The molecular weight excluding hydrogens is 200 g/mol. The Bertz CT molecular complexity index is 406. The van der Waals surface area contributed by atoms with Crippen molar-refractivity contribution in [2.75, 3.05) is 0 Å². The predicted octanol–water partition coefficient (Wildman–Crippen LogP) is 1.32. The topological polar surface area (TPSA) is 74.2 Å². The maximum Gasteiger partial charge on any atom is 0.232 e. The van der Waals surface area contributed by atoms with Crippen LogP contribution in [0.5, 0.6) is 5.75 Å². The molecule has 0 spiro atoms. The lowest BCUT2D eigenvalue weighted by Gasteiger charge is -2.17. The second kappa shape index (κ2) is 3.32. The van der Waals surface area contributed by atoms with Gasteiger partial charge in [-0.1, -0.05) is 18.2 Å². The molecule has 1 aliphatic rings. The highest BCUT2D eigenvalue weighted by molar-refractivity contribution is 7.80. The maximum atomic E-state index is 9.55. The summed E-state index contributed by atoms with van der Waals surface area (Å²) in [4.78, 5) is 0. The molecule has 1 atom stereocenters. The summed E-state index contributed by atoms with van der Waals surface area (Å²) in [6, 6.07) is 6.82. The molecule has 0 fully saturated rings. The highest BCUT2D eigenvalue weighted by Crippen LogP contribution is 2.31. The van der Waals surface area contributed by atoms with Gasteiger partial charge in [0.2, 0.25) is 5.11 Å². The molecule has 72 valence electrons. The Labute approximate surface area is 85.8 Å². The van der Waals surface area contributed by atoms with E-state index in [0.717, 1.165) is 0 Å². The van der Waals surface area contributed by atoms with E-state index < -0.39 is 6.17 Å². The zero-order valence-corrected chi connectivity index (χ0v) is 7.98. The van der Waals surface area contributed by atoms with Gasteiger partial charge in [0.05, 0.1) is 0 Å². The lowest BCUT2D eigenvalue weighted by atomic mass is 10.1. The molecule has 0 saturated carbocycles. The van der Waals surface area contributed by atoms with Gasteiger partial charge in [0.15, 0.2) is 6.17 Å². The summed E-state index contributed by atoms with van der Waals surface area (Å²) < 4.78 is 0. The number of benzene rings is 1. The molecule has 2 rings (SSSR count). The number of rotatable bonds is 1. The van der Waals surface area contributed by atoms with E-state index in [-0.39, 0.29) is 10.9 Å². The summed E-state index contributed by atoms with van der Waals surface area (Å²) in [6.07, 6.45) is -0.510. The number of hydrogen-bond acceptors (Lipinski definition) is 4. The molecule has 0 radical (unpaired) electrons. The molecule has 1 aromatic carbocycles. The van der Waals surface area contributed by atoms with Crippen molar-refractivity contribution in [1.29, 1.82) is 0 Å². The number of nitrogens with zero attached hydrogens (tertiary/aromatic N) is 3. The number of hydrogen-bond donors (Lipinski definition) is 2. The Hall–Kier alpha value is -1.53. The average Bonchev–Trinajstić information content (AvgIpc) is 2.49. The first kappa shape index (κ1) is 9.04. The van der Waals surface area contributed by atoms with Crippen molar-refractivity contribution in [3.8, 4) is 5.75 Å². The number of phenolic OH excluding ortho intramolecular Hbond substituents is 1. The first-order valence-electron chi connectivity index (χ1n) is 3.97. The molecule has 0 saturated heterocycles. The van der Waals surface area contributed by atoms with E-state index in [2.05, 4.69) is 10.2 Å². The van der Waals surface area contributed by atoms with Crippen molar-refractivity contribution in [2.45, 2.75) is 6.17 Å². The summed E-state index contributed by atoms with van der Waals surface area (Å²) in [6.45, 7) is 0. The van der Waals surface area contributed by atoms with Crippen LogP contribution in [0.2, 0.25) is 0 Å². The molecule has 14 heavy (non-hydrogen) atoms. The maximum absolute atomic E-state index is 9.55. The van der Waals surface area contributed by atoms with E-state index in [4.69, 9.17) is 18.1 Å². The third kappa shape index (κ3) is 1.34. The Morgan fingerprint density at radius 1 is 1.43 bits per heavy atom. The van der Waals surface area contributed by atoms with Crippen molar-refractivity contribution in [1.82, 2.24) is 5.01 Å². The van der Waals surface area contributed by atoms with Crippen molar-refractivity contribution < 1.29 is 5.11 Å². The molecule has 0 amide bonds. The van der Waals surface area contributed by atoms with Crippen LogP contribution in [0.4, 0.5) is 0 Å². The number of aromatic hydroxyl groups is 1. The predicted molar refractivity (Wildman–Crippen MR) is 54.3 cm³/mol. The molecule has 5 nitrogen and oxygen atoms in total. The fourth-order valence-corrected chi connectivity index (χ4v) is 1.38. The SMILES string of the molecule is NN1C(=S)N=NC1c1ccccc1O. The Balaban J connectivity index is 2.38. The molecule has 1 heterocycles. The molecular formula is C8H8N4OS. The largest absolute Gasteiger partial charge is 0.508 e. The van der Waals surface area contributed by atoms with Crippen LogP contribution in [0.25, 0.3) is 0 Å². The second-order valence-electron chi connectivity index (χ2n) is 2.84. The number of nitrogens with two attached hydrogens (primary N) is 1. The van der Waals surface area contributed by atoms with Gasteiger partial charge >= 0.3 is 0 Å². The van der Waals surface area contributed by atoms with Crippen LogP contribution in [0.1, 0.15) is 11.7 Å². The van der Waals surface area contributed by atoms with E-state index in [1.54, 1.807) is 24.3 Å². The van der Waals surface area contributed by atoms with Crippen LogP contribution in [-0.2, 0) is 0 Å². The summed E-state index contributed by atoms with van der Waals surface area (Å²) in [5, 5.41) is 18.5. The highest BCUT2D eigenvalue weighted by atomic mass is 32.1. The zero-order chi connectivity index (χ0) is 10.1. The molecule has 6 heteroatoms. The summed E-state index contributed by atoms with van der Waals surface area (Å²) in [5.74, 6) is 5.75. The number of azo groups is 1. The summed E-state index contributed by atoms with van der Waals surface area (Å²) in [7, 11) is 0. The van der Waals surface area contributed by atoms with Gasteiger partial charge in [0.25, 0.3) is 0 Å². The number of para-hydroxylation sites is 1. The first-order valence-corrected chi connectivity index (χ1v) is 4.37. The van der Waals surface area contributed by atoms with Crippen LogP contribution >= 0.6 is 12.2 Å². The first-order chi connectivity index (χ1) is 6.70. The number of thiocarbonyl (C=S) groups is 1. The van der Waals surface area contributed by atoms with E-state index in [1.807, 2.05) is 0 Å². The van der Waals surface area contributed by atoms with Crippen LogP contribution in [0.3, 0.4) is 0 Å². The molecule has 1 unspecified atom stereocenters. The average molecular weight is 208 g/mol. The molecule has 1 aliphatic heterocycles. The minimum absolute atomic E-state index is 0.136. The van der Waals surface area contributed by atoms with Crippen LogP contribution in [-0.4, -0.2) is 15.2 Å². The molecule has 1 aromatic rings. The van der Waals surface area contributed by atoms with Crippen molar-refractivity contribution in [3.63, 3.8) is 0 Å². The fraction of sp³-hybridized carbons (Fsp3) is 0.125. The van der Waals surface area contributed by atoms with Gasteiger partial charge in [-0.25, -0.2) is 5.84 Å². The van der Waals surface area contributed by atoms with Gasteiger partial charge in [-0.3, -0.25) is 5.01 Å². The minimum Gasteiger partial charge on any atom is -0.508 e. The Morgan fingerprint density at radius 2 is 2.14 bits per heavy atom. The highest BCUT2D eigenvalue weighted by Gasteiger charge is 2.26. The third-order valence-electron chi connectivity index (χ3n) is 1.95. The van der Waals surface area contributed by atoms with Crippen LogP contribution in [0.15, 0.2) is 34.5 Å². The quantitative estimate of drug-likeness (QED) is 0.539. The van der Waals surface area contributed by atoms with Gasteiger partial charge in [-0.2, -0.15) is 5.11 Å². The van der Waals surface area contributed by atoms with Gasteiger partial charge in [0, 0.05) is 5.56 Å². The van der Waals surface area contributed by atoms with Gasteiger partial charge in [-0.05, 0) is 18.3 Å².